The highest BCUT2D eigenvalue weighted by atomic mass is 35.7. The number of nitro groups is 1. The van der Waals surface area contributed by atoms with Crippen molar-refractivity contribution in [3.8, 4) is 11.4 Å². The highest BCUT2D eigenvalue weighted by Gasteiger charge is 2.27. The predicted octanol–water partition coefficient (Wildman–Crippen LogP) is 1.97. The summed E-state index contributed by atoms with van der Waals surface area (Å²) in [6.45, 7) is 0. The Hall–Kier alpha value is -1.71. The van der Waals surface area contributed by atoms with Crippen molar-refractivity contribution < 1.29 is 13.3 Å². The first-order valence-corrected chi connectivity index (χ1v) is 7.69. The Kier molecular flexibility index (Phi) is 3.67. The zero-order valence-electron chi connectivity index (χ0n) is 9.82. The molecule has 0 N–H and O–H groups in total. The van der Waals surface area contributed by atoms with Crippen LogP contribution in [0.5, 0.6) is 0 Å². The van der Waals surface area contributed by atoms with Crippen LogP contribution in [0.2, 0.25) is 5.02 Å². The van der Waals surface area contributed by atoms with Crippen LogP contribution in [0.1, 0.15) is 0 Å². The maximum Gasteiger partial charge on any atom is 0.296 e. The highest BCUT2D eigenvalue weighted by molar-refractivity contribution is 8.13. The summed E-state index contributed by atoms with van der Waals surface area (Å²) in [6.07, 6.45) is 0. The second kappa shape index (κ2) is 5.00. The van der Waals surface area contributed by atoms with Crippen molar-refractivity contribution in [2.45, 2.75) is 5.16 Å². The van der Waals surface area contributed by atoms with Crippen LogP contribution in [-0.2, 0) is 16.1 Å². The van der Waals surface area contributed by atoms with Crippen LogP contribution in [-0.4, -0.2) is 28.1 Å². The molecule has 11 heteroatoms. The third-order valence-electron chi connectivity index (χ3n) is 2.46. The second-order valence-corrected chi connectivity index (χ2v) is 6.56. The van der Waals surface area contributed by atoms with Crippen molar-refractivity contribution >= 4 is 37.0 Å². The van der Waals surface area contributed by atoms with E-state index in [1.807, 2.05) is 0 Å². The monoisotopic (exact) mass is 336 g/mol. The molecule has 106 valence electrons. The van der Waals surface area contributed by atoms with Gasteiger partial charge in [0.05, 0.1) is 9.95 Å². The van der Waals surface area contributed by atoms with E-state index in [0.29, 0.717) is 0 Å². The Morgan fingerprint density at radius 1 is 1.35 bits per heavy atom. The first-order chi connectivity index (χ1) is 9.23. The topological polar surface area (TPSA) is 108 Å². The summed E-state index contributed by atoms with van der Waals surface area (Å²) in [5, 5.41) is 17.6. The minimum Gasteiger partial charge on any atom is -0.300 e. The second-order valence-electron chi connectivity index (χ2n) is 3.69. The number of rotatable bonds is 3. The van der Waals surface area contributed by atoms with Crippen LogP contribution in [0.25, 0.3) is 11.4 Å². The maximum absolute atomic E-state index is 11.3. The summed E-state index contributed by atoms with van der Waals surface area (Å²) in [4.78, 5) is 10.4. The van der Waals surface area contributed by atoms with Crippen molar-refractivity contribution in [3.05, 3.63) is 33.3 Å². The van der Waals surface area contributed by atoms with Gasteiger partial charge in [0.25, 0.3) is 19.9 Å². The third kappa shape index (κ3) is 2.47. The molecule has 20 heavy (non-hydrogen) atoms. The Labute approximate surface area is 122 Å². The van der Waals surface area contributed by atoms with Gasteiger partial charge in [-0.2, -0.15) is 0 Å². The lowest BCUT2D eigenvalue weighted by atomic mass is 10.1. The van der Waals surface area contributed by atoms with Gasteiger partial charge in [-0.15, -0.1) is 10.2 Å². The van der Waals surface area contributed by atoms with Gasteiger partial charge >= 0.3 is 0 Å². The number of benzene rings is 1. The largest absolute Gasteiger partial charge is 0.300 e. The molecule has 0 aliphatic carbocycles. The number of aromatic nitrogens is 3. The summed E-state index contributed by atoms with van der Waals surface area (Å²) >= 11 is 5.94. The van der Waals surface area contributed by atoms with Crippen molar-refractivity contribution in [3.63, 3.8) is 0 Å². The fourth-order valence-electron chi connectivity index (χ4n) is 1.63. The van der Waals surface area contributed by atoms with Crippen LogP contribution in [0.3, 0.4) is 0 Å². The summed E-state index contributed by atoms with van der Waals surface area (Å²) in [5.41, 5.74) is -0.341. The maximum atomic E-state index is 11.3. The Bertz CT molecular complexity index is 802. The molecule has 0 radical (unpaired) electrons. The number of nitrogens with zero attached hydrogens (tertiary/aromatic N) is 4. The van der Waals surface area contributed by atoms with Gasteiger partial charge in [-0.25, -0.2) is 8.42 Å². The first-order valence-electron chi connectivity index (χ1n) is 5.01. The number of nitro benzene ring substituents is 1. The van der Waals surface area contributed by atoms with Gasteiger partial charge in [0, 0.05) is 23.8 Å². The van der Waals surface area contributed by atoms with Crippen molar-refractivity contribution in [1.82, 2.24) is 14.8 Å². The molecule has 0 aliphatic rings. The van der Waals surface area contributed by atoms with Crippen LogP contribution in [0, 0.1) is 10.1 Å². The van der Waals surface area contributed by atoms with Crippen LogP contribution < -0.4 is 0 Å². The lowest BCUT2D eigenvalue weighted by Crippen LogP contribution is -2.04. The first kappa shape index (κ1) is 14.7. The molecule has 1 aromatic heterocycles. The summed E-state index contributed by atoms with van der Waals surface area (Å²) < 4.78 is 23.6. The van der Waals surface area contributed by atoms with Crippen molar-refractivity contribution in [2.75, 3.05) is 0 Å². The molecule has 0 fully saturated rings. The minimum atomic E-state index is -4.12. The normalized spacial score (nSPS) is 11.6. The Balaban J connectivity index is 2.77. The van der Waals surface area contributed by atoms with Crippen molar-refractivity contribution in [1.29, 1.82) is 0 Å². The molecule has 0 unspecified atom stereocenters. The van der Waals surface area contributed by atoms with E-state index in [2.05, 4.69) is 10.2 Å². The molecule has 0 atom stereocenters. The molecule has 0 amide bonds. The predicted molar refractivity (Wildman–Crippen MR) is 71.1 cm³/mol. The average Bonchev–Trinajstić information content (AvgIpc) is 2.70. The van der Waals surface area contributed by atoms with E-state index < -0.39 is 19.1 Å². The summed E-state index contributed by atoms with van der Waals surface area (Å²) in [5.74, 6) is -0.0680. The Morgan fingerprint density at radius 2 is 2.00 bits per heavy atom. The number of hydrogen-bond acceptors (Lipinski definition) is 6. The number of hydrogen-bond donors (Lipinski definition) is 0. The van der Waals surface area contributed by atoms with E-state index >= 15 is 0 Å². The molecule has 0 aliphatic heterocycles. The zero-order valence-corrected chi connectivity index (χ0v) is 12.1. The van der Waals surface area contributed by atoms with Gasteiger partial charge in [-0.1, -0.05) is 17.7 Å². The van der Waals surface area contributed by atoms with Crippen LogP contribution in [0.4, 0.5) is 5.69 Å². The molecule has 0 spiro atoms. The van der Waals surface area contributed by atoms with E-state index in [4.69, 9.17) is 22.3 Å². The lowest BCUT2D eigenvalue weighted by Gasteiger charge is -2.05. The highest BCUT2D eigenvalue weighted by Crippen LogP contribution is 2.35. The molecule has 0 saturated heterocycles. The standard InChI is InChI=1S/C9H6Cl2N4O4S/c1-14-8(12-13-9(14)20(11,18)19)7-5(10)3-2-4-6(7)15(16)17/h2-4H,1H3. The minimum absolute atomic E-state index is 0.0271. The van der Waals surface area contributed by atoms with Gasteiger partial charge in [-0.05, 0) is 6.07 Å². The third-order valence-corrected chi connectivity index (χ3v) is 3.99. The fraction of sp³-hybridized carbons (Fsp3) is 0.111. The molecular weight excluding hydrogens is 331 g/mol. The SMILES string of the molecule is Cn1c(-c2c(Cl)cccc2[N+](=O)[O-])nnc1S(=O)(=O)Cl. The van der Waals surface area contributed by atoms with Gasteiger partial charge in [0.2, 0.25) is 0 Å². The smallest absolute Gasteiger partial charge is 0.296 e. The van der Waals surface area contributed by atoms with Gasteiger partial charge < -0.3 is 0 Å². The molecule has 8 nitrogen and oxygen atoms in total. The van der Waals surface area contributed by atoms with E-state index in [0.717, 1.165) is 4.57 Å². The van der Waals surface area contributed by atoms with Crippen molar-refractivity contribution in [2.24, 2.45) is 7.05 Å². The lowest BCUT2D eigenvalue weighted by molar-refractivity contribution is -0.384. The van der Waals surface area contributed by atoms with E-state index in [-0.39, 0.29) is 22.1 Å². The van der Waals surface area contributed by atoms with Crippen LogP contribution >= 0.6 is 22.3 Å². The molecule has 0 bridgehead atoms. The van der Waals surface area contributed by atoms with E-state index in [9.17, 15) is 18.5 Å². The van der Waals surface area contributed by atoms with Crippen LogP contribution in [0.15, 0.2) is 23.4 Å². The quantitative estimate of drug-likeness (QED) is 0.481. The molecular formula is C9H6Cl2N4O4S. The molecule has 0 saturated carbocycles. The van der Waals surface area contributed by atoms with Gasteiger partial charge in [0.15, 0.2) is 5.82 Å². The van der Waals surface area contributed by atoms with E-state index in [1.54, 1.807) is 0 Å². The molecule has 2 aromatic rings. The summed E-state index contributed by atoms with van der Waals surface area (Å²) in [7, 11) is 2.39. The fourth-order valence-corrected chi connectivity index (χ4v) is 2.84. The molecule has 1 aromatic carbocycles. The van der Waals surface area contributed by atoms with Gasteiger partial charge in [-0.3, -0.25) is 14.7 Å². The van der Waals surface area contributed by atoms with E-state index in [1.165, 1.54) is 25.2 Å². The molecule has 2 rings (SSSR count). The molecule has 1 heterocycles. The number of halogens is 2. The Morgan fingerprint density at radius 3 is 2.50 bits per heavy atom. The average molecular weight is 337 g/mol. The zero-order chi connectivity index (χ0) is 15.1. The summed E-state index contributed by atoms with van der Waals surface area (Å²) in [6, 6.07) is 4.05. The van der Waals surface area contributed by atoms with Gasteiger partial charge in [0.1, 0.15) is 5.56 Å².